The van der Waals surface area contributed by atoms with E-state index < -0.39 is 0 Å². The molecule has 0 saturated carbocycles. The minimum atomic E-state index is 0.949. The van der Waals surface area contributed by atoms with E-state index >= 15 is 0 Å². The molecule has 0 unspecified atom stereocenters. The van der Waals surface area contributed by atoms with E-state index in [-0.39, 0.29) is 0 Å². The van der Waals surface area contributed by atoms with E-state index in [4.69, 9.17) is 5.26 Å². The number of rotatable bonds is 0. The molecule has 0 saturated heterocycles. The van der Waals surface area contributed by atoms with Crippen LogP contribution in [-0.4, -0.2) is 0 Å². The number of aryl methyl sites for hydroxylation is 3. The van der Waals surface area contributed by atoms with Gasteiger partial charge in [0.05, 0.1) is 0 Å². The van der Waals surface area contributed by atoms with Crippen molar-refractivity contribution in [1.29, 1.82) is 5.26 Å². The molecular formula is C12H11N. The van der Waals surface area contributed by atoms with Crippen molar-refractivity contribution in [1.82, 2.24) is 0 Å². The Morgan fingerprint density at radius 2 is 1.62 bits per heavy atom. The van der Waals surface area contributed by atoms with Crippen LogP contribution < -0.4 is 0 Å². The van der Waals surface area contributed by atoms with Crippen molar-refractivity contribution in [3.63, 3.8) is 0 Å². The number of nitriles is 1. The average molecular weight is 169 g/mol. The molecule has 0 aliphatic rings. The number of hydrogen-bond donors (Lipinski definition) is 0. The van der Waals surface area contributed by atoms with Gasteiger partial charge in [-0.3, -0.25) is 0 Å². The first-order chi connectivity index (χ1) is 6.15. The largest absolute Gasteiger partial charge is 0.183 e. The van der Waals surface area contributed by atoms with Gasteiger partial charge in [-0.15, -0.1) is 0 Å². The third kappa shape index (κ3) is 2.10. The van der Waals surface area contributed by atoms with E-state index in [1.54, 1.807) is 0 Å². The smallest absolute Gasteiger partial charge is 0.152 e. The molecule has 0 aliphatic heterocycles. The Kier molecular flexibility index (Phi) is 2.72. The molecule has 0 atom stereocenters. The maximum Gasteiger partial charge on any atom is 0.152 e. The molecule has 0 fully saturated rings. The monoisotopic (exact) mass is 169 g/mol. The molecule has 0 aliphatic carbocycles. The number of benzene rings is 1. The van der Waals surface area contributed by atoms with Crippen molar-refractivity contribution < 1.29 is 0 Å². The molecule has 0 spiro atoms. The van der Waals surface area contributed by atoms with E-state index in [1.807, 2.05) is 26.0 Å². The molecule has 0 heterocycles. The third-order valence-electron chi connectivity index (χ3n) is 2.09. The van der Waals surface area contributed by atoms with Gasteiger partial charge in [-0.05, 0) is 43.5 Å². The SMILES string of the molecule is Cc1cc(C)c(C#CC#N)cc1C. The fourth-order valence-electron chi connectivity index (χ4n) is 1.19. The summed E-state index contributed by atoms with van der Waals surface area (Å²) in [5.41, 5.74) is 4.56. The van der Waals surface area contributed by atoms with Gasteiger partial charge in [0.15, 0.2) is 6.07 Å². The third-order valence-corrected chi connectivity index (χ3v) is 2.09. The molecule has 0 amide bonds. The standard InChI is InChI=1S/C12H11N/c1-9-7-11(3)12(5-4-6-13)8-10(9)2/h7-8H,1-3H3. The Balaban J connectivity index is 3.25. The van der Waals surface area contributed by atoms with Crippen LogP contribution in [0.4, 0.5) is 0 Å². The summed E-state index contributed by atoms with van der Waals surface area (Å²) >= 11 is 0. The summed E-state index contributed by atoms with van der Waals surface area (Å²) < 4.78 is 0. The zero-order valence-corrected chi connectivity index (χ0v) is 8.10. The summed E-state index contributed by atoms with van der Waals surface area (Å²) in [5.74, 6) is 5.23. The van der Waals surface area contributed by atoms with Gasteiger partial charge in [-0.25, -0.2) is 0 Å². The highest BCUT2D eigenvalue weighted by Gasteiger charge is 1.98. The minimum absolute atomic E-state index is 0.949. The first-order valence-corrected chi connectivity index (χ1v) is 4.13. The summed E-state index contributed by atoms with van der Waals surface area (Å²) in [6.45, 7) is 6.13. The maximum atomic E-state index is 8.32. The summed E-state index contributed by atoms with van der Waals surface area (Å²) in [6, 6.07) is 5.93. The van der Waals surface area contributed by atoms with Gasteiger partial charge in [-0.1, -0.05) is 12.0 Å². The molecule has 1 aromatic carbocycles. The van der Waals surface area contributed by atoms with Crippen LogP contribution in [-0.2, 0) is 0 Å². The van der Waals surface area contributed by atoms with Gasteiger partial charge < -0.3 is 0 Å². The van der Waals surface area contributed by atoms with Crippen molar-refractivity contribution in [3.8, 4) is 17.9 Å². The predicted octanol–water partition coefficient (Wildman–Crippen LogP) is 2.49. The molecule has 0 bridgehead atoms. The molecule has 0 radical (unpaired) electrons. The molecule has 1 nitrogen and oxygen atoms in total. The Hall–Kier alpha value is -1.73. The lowest BCUT2D eigenvalue weighted by molar-refractivity contribution is 1.28. The summed E-state index contributed by atoms with van der Waals surface area (Å²) in [7, 11) is 0. The Morgan fingerprint density at radius 1 is 1.00 bits per heavy atom. The van der Waals surface area contributed by atoms with Gasteiger partial charge in [0.25, 0.3) is 0 Å². The van der Waals surface area contributed by atoms with Crippen LogP contribution in [0.5, 0.6) is 0 Å². The molecule has 0 aromatic heterocycles. The van der Waals surface area contributed by atoms with E-state index in [1.165, 1.54) is 11.1 Å². The average Bonchev–Trinajstić information content (AvgIpc) is 2.09. The van der Waals surface area contributed by atoms with Crippen molar-refractivity contribution >= 4 is 0 Å². The minimum Gasteiger partial charge on any atom is -0.183 e. The highest BCUT2D eigenvalue weighted by Crippen LogP contribution is 2.13. The topological polar surface area (TPSA) is 23.8 Å². The fourth-order valence-corrected chi connectivity index (χ4v) is 1.19. The number of hydrogen-bond acceptors (Lipinski definition) is 1. The Labute approximate surface area is 79.0 Å². The van der Waals surface area contributed by atoms with Gasteiger partial charge >= 0.3 is 0 Å². The molecule has 1 heteroatoms. The zero-order valence-electron chi connectivity index (χ0n) is 8.10. The highest BCUT2D eigenvalue weighted by atomic mass is 14.2. The second kappa shape index (κ2) is 3.78. The van der Waals surface area contributed by atoms with Crippen molar-refractivity contribution in [2.75, 3.05) is 0 Å². The van der Waals surface area contributed by atoms with Crippen LogP contribution in [0, 0.1) is 43.9 Å². The molecule has 1 rings (SSSR count). The lowest BCUT2D eigenvalue weighted by Crippen LogP contribution is -1.87. The second-order valence-corrected chi connectivity index (χ2v) is 3.11. The number of nitrogens with zero attached hydrogens (tertiary/aromatic N) is 1. The molecular weight excluding hydrogens is 158 g/mol. The van der Waals surface area contributed by atoms with E-state index in [0.29, 0.717) is 0 Å². The highest BCUT2D eigenvalue weighted by molar-refractivity contribution is 5.47. The summed E-state index contributed by atoms with van der Waals surface area (Å²) in [6.07, 6.45) is 0. The Morgan fingerprint density at radius 3 is 2.23 bits per heavy atom. The first kappa shape index (κ1) is 9.36. The lowest BCUT2D eigenvalue weighted by atomic mass is 10.0. The predicted molar refractivity (Wildman–Crippen MR) is 53.1 cm³/mol. The lowest BCUT2D eigenvalue weighted by Gasteiger charge is -2.03. The van der Waals surface area contributed by atoms with Crippen LogP contribution in [0.15, 0.2) is 12.1 Å². The zero-order chi connectivity index (χ0) is 9.84. The molecule has 13 heavy (non-hydrogen) atoms. The van der Waals surface area contributed by atoms with Crippen molar-refractivity contribution in [2.45, 2.75) is 20.8 Å². The quantitative estimate of drug-likeness (QED) is 0.547. The van der Waals surface area contributed by atoms with Crippen LogP contribution in [0.1, 0.15) is 22.3 Å². The van der Waals surface area contributed by atoms with Crippen molar-refractivity contribution in [2.24, 2.45) is 0 Å². The van der Waals surface area contributed by atoms with Crippen LogP contribution in [0.25, 0.3) is 0 Å². The van der Waals surface area contributed by atoms with Crippen LogP contribution in [0.3, 0.4) is 0 Å². The fraction of sp³-hybridized carbons (Fsp3) is 0.250. The maximum absolute atomic E-state index is 8.32. The van der Waals surface area contributed by atoms with Crippen LogP contribution in [0.2, 0.25) is 0 Å². The van der Waals surface area contributed by atoms with Crippen molar-refractivity contribution in [3.05, 3.63) is 34.4 Å². The van der Waals surface area contributed by atoms with E-state index in [0.717, 1.165) is 11.1 Å². The summed E-state index contributed by atoms with van der Waals surface area (Å²) in [5, 5.41) is 8.32. The first-order valence-electron chi connectivity index (χ1n) is 4.13. The van der Waals surface area contributed by atoms with Gasteiger partial charge in [0, 0.05) is 11.5 Å². The van der Waals surface area contributed by atoms with Gasteiger partial charge in [-0.2, -0.15) is 5.26 Å². The normalized spacial score (nSPS) is 8.46. The Bertz CT molecular complexity index is 425. The van der Waals surface area contributed by atoms with Crippen LogP contribution >= 0.6 is 0 Å². The van der Waals surface area contributed by atoms with Gasteiger partial charge in [0.1, 0.15) is 0 Å². The molecule has 1 aromatic rings. The van der Waals surface area contributed by atoms with Gasteiger partial charge in [0.2, 0.25) is 0 Å². The summed E-state index contributed by atoms with van der Waals surface area (Å²) in [4.78, 5) is 0. The second-order valence-electron chi connectivity index (χ2n) is 3.11. The van der Waals surface area contributed by atoms with E-state index in [9.17, 15) is 0 Å². The molecule has 0 N–H and O–H groups in total. The van der Waals surface area contributed by atoms with E-state index in [2.05, 4.69) is 24.8 Å². The molecule has 64 valence electrons.